The van der Waals surface area contributed by atoms with Crippen LogP contribution in [-0.4, -0.2) is 32.2 Å². The van der Waals surface area contributed by atoms with Crippen LogP contribution in [0.15, 0.2) is 63.2 Å². The molecule has 1 fully saturated rings. The topological polar surface area (TPSA) is 99.9 Å². The summed E-state index contributed by atoms with van der Waals surface area (Å²) in [5.41, 5.74) is 3.26. The first kappa shape index (κ1) is 20.1. The van der Waals surface area contributed by atoms with Gasteiger partial charge in [-0.05, 0) is 47.9 Å². The number of hydrazine groups is 1. The highest BCUT2D eigenvalue weighted by Gasteiger charge is 2.34. The van der Waals surface area contributed by atoms with E-state index < -0.39 is 17.8 Å². The molecule has 2 aromatic heterocycles. The van der Waals surface area contributed by atoms with Gasteiger partial charge in [0, 0.05) is 11.6 Å². The van der Waals surface area contributed by atoms with Crippen LogP contribution in [0, 0.1) is 0 Å². The molecule has 0 aliphatic carbocycles. The molecule has 10 heteroatoms. The number of aromatic carboxylic acids is 1. The highest BCUT2D eigenvalue weighted by Crippen LogP contribution is 2.33. The van der Waals surface area contributed by atoms with Crippen molar-refractivity contribution in [2.75, 3.05) is 0 Å². The van der Waals surface area contributed by atoms with Crippen LogP contribution < -0.4 is 5.43 Å². The summed E-state index contributed by atoms with van der Waals surface area (Å²) < 4.78 is 5.95. The Morgan fingerprint density at radius 1 is 1.17 bits per heavy atom. The summed E-state index contributed by atoms with van der Waals surface area (Å²) in [4.78, 5) is 36.8. The Morgan fingerprint density at radius 3 is 2.73 bits per heavy atom. The number of carbonyl (C=O) groups is 3. The van der Waals surface area contributed by atoms with Crippen LogP contribution in [0.25, 0.3) is 17.4 Å². The van der Waals surface area contributed by atoms with Crippen molar-refractivity contribution in [2.24, 2.45) is 0 Å². The minimum Gasteiger partial charge on any atom is -0.478 e. The van der Waals surface area contributed by atoms with Gasteiger partial charge in [-0.2, -0.15) is 5.01 Å². The quantitative estimate of drug-likeness (QED) is 0.437. The lowest BCUT2D eigenvalue weighted by atomic mass is 10.1. The predicted molar refractivity (Wildman–Crippen MR) is 118 cm³/mol. The van der Waals surface area contributed by atoms with Crippen LogP contribution in [0.2, 0.25) is 0 Å². The number of rotatable bonds is 5. The van der Waals surface area contributed by atoms with Gasteiger partial charge in [0.1, 0.15) is 11.5 Å². The molecule has 0 unspecified atom stereocenters. The second kappa shape index (κ2) is 8.27. The Bertz CT molecular complexity index is 1200. The molecule has 3 aromatic rings. The molecule has 4 rings (SSSR count). The molecule has 0 radical (unpaired) electrons. The summed E-state index contributed by atoms with van der Waals surface area (Å²) in [6.45, 7) is 0. The van der Waals surface area contributed by atoms with Crippen LogP contribution in [-0.2, 0) is 4.79 Å². The first-order chi connectivity index (χ1) is 14.4. The number of nitrogens with one attached hydrogen (secondary N) is 1. The third-order valence-corrected chi connectivity index (χ3v) is 6.22. The maximum absolute atomic E-state index is 12.7. The maximum atomic E-state index is 12.7. The van der Waals surface area contributed by atoms with E-state index in [1.165, 1.54) is 29.5 Å². The summed E-state index contributed by atoms with van der Waals surface area (Å²) in [7, 11) is 0. The summed E-state index contributed by atoms with van der Waals surface area (Å²) >= 11 is 7.51. The standard InChI is InChI=1S/C20H12N2O5S3/c23-17(15-5-2-8-29-15)21-22-18(24)16(30-20(22)28)10-13-6-7-14(27-13)11-3-1-4-12(9-11)19(25)26/h1-10H,(H,21,23)(H,25,26)/b16-10+. The van der Waals surface area contributed by atoms with Crippen LogP contribution in [0.4, 0.5) is 0 Å². The number of benzene rings is 1. The van der Waals surface area contributed by atoms with Gasteiger partial charge in [0.05, 0.1) is 15.3 Å². The molecule has 30 heavy (non-hydrogen) atoms. The molecule has 1 aliphatic heterocycles. The average molecular weight is 457 g/mol. The second-order valence-electron chi connectivity index (χ2n) is 6.02. The number of carboxylic acids is 1. The van der Waals surface area contributed by atoms with E-state index in [1.54, 1.807) is 41.8 Å². The molecule has 0 saturated carbocycles. The lowest BCUT2D eigenvalue weighted by Gasteiger charge is -2.14. The average Bonchev–Trinajstić information content (AvgIpc) is 3.47. The van der Waals surface area contributed by atoms with E-state index in [-0.39, 0.29) is 9.88 Å². The Kier molecular flexibility index (Phi) is 5.53. The summed E-state index contributed by atoms with van der Waals surface area (Å²) in [6.07, 6.45) is 1.53. The molecular weight excluding hydrogens is 444 g/mol. The molecule has 2 N–H and O–H groups in total. The van der Waals surface area contributed by atoms with Crippen LogP contribution in [0.5, 0.6) is 0 Å². The number of thioether (sulfide) groups is 1. The van der Waals surface area contributed by atoms with Gasteiger partial charge >= 0.3 is 5.97 Å². The smallest absolute Gasteiger partial charge is 0.335 e. The molecule has 0 atom stereocenters. The molecule has 150 valence electrons. The molecular formula is C20H12N2O5S3. The van der Waals surface area contributed by atoms with Crippen molar-refractivity contribution in [1.82, 2.24) is 10.4 Å². The predicted octanol–water partition coefficient (Wildman–Crippen LogP) is 4.25. The van der Waals surface area contributed by atoms with Crippen LogP contribution >= 0.6 is 35.3 Å². The van der Waals surface area contributed by atoms with Crippen molar-refractivity contribution in [3.63, 3.8) is 0 Å². The van der Waals surface area contributed by atoms with Crippen LogP contribution in [0.3, 0.4) is 0 Å². The largest absolute Gasteiger partial charge is 0.478 e. The first-order valence-electron chi connectivity index (χ1n) is 8.48. The molecule has 7 nitrogen and oxygen atoms in total. The SMILES string of the molecule is O=C(O)c1cccc(-c2ccc(/C=C3/SC(=S)N(NC(=O)c4cccs4)C3=O)o2)c1. The molecule has 1 aliphatic rings. The van der Waals surface area contributed by atoms with Gasteiger partial charge in [-0.3, -0.25) is 15.0 Å². The number of thiophene rings is 1. The zero-order valence-corrected chi connectivity index (χ0v) is 17.5. The van der Waals surface area contributed by atoms with Gasteiger partial charge in [0.2, 0.25) is 0 Å². The van der Waals surface area contributed by atoms with E-state index in [0.717, 1.165) is 16.8 Å². The minimum absolute atomic E-state index is 0.146. The normalized spacial score (nSPS) is 15.1. The number of hydrogen-bond donors (Lipinski definition) is 2. The van der Waals surface area contributed by atoms with E-state index >= 15 is 0 Å². The molecule has 1 aromatic carbocycles. The Hall–Kier alpha value is -3.21. The lowest BCUT2D eigenvalue weighted by Crippen LogP contribution is -2.44. The fraction of sp³-hybridized carbons (Fsp3) is 0. The highest BCUT2D eigenvalue weighted by atomic mass is 32.2. The van der Waals surface area contributed by atoms with Crippen molar-refractivity contribution < 1.29 is 23.9 Å². The third-order valence-electron chi connectivity index (χ3n) is 4.05. The van der Waals surface area contributed by atoms with Gasteiger partial charge in [-0.25, -0.2) is 4.79 Å². The van der Waals surface area contributed by atoms with Gasteiger partial charge in [-0.15, -0.1) is 11.3 Å². The number of amides is 2. The van der Waals surface area contributed by atoms with Crippen molar-refractivity contribution >= 4 is 63.5 Å². The minimum atomic E-state index is -1.03. The first-order valence-corrected chi connectivity index (χ1v) is 10.6. The Labute approximate surface area is 184 Å². The highest BCUT2D eigenvalue weighted by molar-refractivity contribution is 8.26. The Morgan fingerprint density at radius 2 is 2.00 bits per heavy atom. The zero-order valence-electron chi connectivity index (χ0n) is 15.0. The van der Waals surface area contributed by atoms with E-state index in [1.807, 2.05) is 0 Å². The second-order valence-corrected chi connectivity index (χ2v) is 8.65. The number of carboxylic acid groups (broad SMARTS) is 1. The van der Waals surface area contributed by atoms with E-state index in [9.17, 15) is 14.4 Å². The number of thiocarbonyl (C=S) groups is 1. The molecule has 2 amide bonds. The molecule has 0 spiro atoms. The summed E-state index contributed by atoms with van der Waals surface area (Å²) in [5, 5.41) is 11.9. The van der Waals surface area contributed by atoms with Gasteiger partial charge in [0.15, 0.2) is 4.32 Å². The van der Waals surface area contributed by atoms with Gasteiger partial charge in [0.25, 0.3) is 11.8 Å². The number of nitrogens with zero attached hydrogens (tertiary/aromatic N) is 1. The third kappa shape index (κ3) is 4.06. The van der Waals surface area contributed by atoms with E-state index in [0.29, 0.717) is 26.9 Å². The lowest BCUT2D eigenvalue weighted by molar-refractivity contribution is -0.123. The van der Waals surface area contributed by atoms with Crippen molar-refractivity contribution in [3.8, 4) is 11.3 Å². The maximum Gasteiger partial charge on any atom is 0.335 e. The zero-order chi connectivity index (χ0) is 21.3. The molecule has 1 saturated heterocycles. The number of furan rings is 1. The Balaban J connectivity index is 1.52. The van der Waals surface area contributed by atoms with Crippen molar-refractivity contribution in [2.45, 2.75) is 0 Å². The van der Waals surface area contributed by atoms with Gasteiger partial charge < -0.3 is 9.52 Å². The van der Waals surface area contributed by atoms with Crippen molar-refractivity contribution in [3.05, 3.63) is 75.0 Å². The monoisotopic (exact) mass is 456 g/mol. The molecule has 0 bridgehead atoms. The summed E-state index contributed by atoms with van der Waals surface area (Å²) in [6, 6.07) is 13.1. The van der Waals surface area contributed by atoms with E-state index in [4.69, 9.17) is 21.7 Å². The fourth-order valence-electron chi connectivity index (χ4n) is 2.65. The van der Waals surface area contributed by atoms with E-state index in [2.05, 4.69) is 5.43 Å². The van der Waals surface area contributed by atoms with Crippen LogP contribution in [0.1, 0.15) is 25.8 Å². The number of hydrogen-bond acceptors (Lipinski definition) is 7. The summed E-state index contributed by atoms with van der Waals surface area (Å²) in [5.74, 6) is -1.04. The number of carbonyl (C=O) groups excluding carboxylic acids is 2. The van der Waals surface area contributed by atoms with Gasteiger partial charge in [-0.1, -0.05) is 30.0 Å². The fourth-order valence-corrected chi connectivity index (χ4v) is 4.42. The van der Waals surface area contributed by atoms with Crippen molar-refractivity contribution in [1.29, 1.82) is 0 Å². The molecule has 3 heterocycles.